The summed E-state index contributed by atoms with van der Waals surface area (Å²) < 4.78 is 22.6. The molecule has 2 amide bonds. The molecule has 8 nitrogen and oxygen atoms in total. The number of sulfone groups is 1. The second kappa shape index (κ2) is 3.69. The van der Waals surface area contributed by atoms with E-state index in [0.29, 0.717) is 0 Å². The Bertz CT molecular complexity index is 583. The zero-order chi connectivity index (χ0) is 14.7. The van der Waals surface area contributed by atoms with Crippen LogP contribution < -0.4 is 0 Å². The molecule has 2 aliphatic heterocycles. The van der Waals surface area contributed by atoms with Gasteiger partial charge in [0.25, 0.3) is 0 Å². The molecule has 0 aromatic rings. The van der Waals surface area contributed by atoms with Crippen LogP contribution in [-0.2, 0) is 24.2 Å². The Morgan fingerprint density at radius 1 is 1.42 bits per heavy atom. The molecule has 0 saturated carbocycles. The molecule has 2 aliphatic rings. The van der Waals surface area contributed by atoms with Gasteiger partial charge in [-0.05, 0) is 6.92 Å². The summed E-state index contributed by atoms with van der Waals surface area (Å²) in [6.07, 6.45) is -0.261. The number of amides is 2. The van der Waals surface area contributed by atoms with Gasteiger partial charge in [0.2, 0.25) is 11.8 Å². The number of hydrogen-bond acceptors (Lipinski definition) is 5. The molecule has 19 heavy (non-hydrogen) atoms. The minimum Gasteiger partial charge on any atom is -0.480 e. The Morgan fingerprint density at radius 3 is 2.32 bits per heavy atom. The van der Waals surface area contributed by atoms with Crippen molar-refractivity contribution in [2.45, 2.75) is 29.5 Å². The molecule has 9 heteroatoms. The molecule has 0 radical (unpaired) electrons. The van der Waals surface area contributed by atoms with Crippen molar-refractivity contribution in [2.24, 2.45) is 0 Å². The standard InChI is InChI=1S/C10H14N2O6S/c1-10(9(16)11(2)3)7(8(14)15)12-5(13)4-6(12)19(10,17)18/h6-7H,4H2,1-3H3,(H,14,15)/t6-,7+,10-/m1/s1. The Hall–Kier alpha value is -1.64. The first-order valence-electron chi connectivity index (χ1n) is 5.56. The van der Waals surface area contributed by atoms with E-state index in [2.05, 4.69) is 0 Å². The third kappa shape index (κ3) is 1.38. The van der Waals surface area contributed by atoms with E-state index < -0.39 is 43.8 Å². The Morgan fingerprint density at radius 2 is 1.95 bits per heavy atom. The number of rotatable bonds is 2. The minimum absolute atomic E-state index is 0.261. The zero-order valence-corrected chi connectivity index (χ0v) is 11.5. The number of aliphatic carboxylic acids is 1. The van der Waals surface area contributed by atoms with Crippen LogP contribution in [0.4, 0.5) is 0 Å². The molecule has 0 aromatic carbocycles. The molecule has 106 valence electrons. The fraction of sp³-hybridized carbons (Fsp3) is 0.700. The van der Waals surface area contributed by atoms with E-state index in [4.69, 9.17) is 0 Å². The predicted octanol–water partition coefficient (Wildman–Crippen LogP) is -1.73. The molecule has 2 fully saturated rings. The lowest BCUT2D eigenvalue weighted by Crippen LogP contribution is -2.60. The third-order valence-corrected chi connectivity index (χ3v) is 6.45. The van der Waals surface area contributed by atoms with E-state index in [1.807, 2.05) is 0 Å². The smallest absolute Gasteiger partial charge is 0.328 e. The van der Waals surface area contributed by atoms with Crippen molar-refractivity contribution in [2.75, 3.05) is 14.1 Å². The van der Waals surface area contributed by atoms with Crippen molar-refractivity contribution in [1.82, 2.24) is 9.80 Å². The first-order valence-corrected chi connectivity index (χ1v) is 7.10. The highest BCUT2D eigenvalue weighted by Gasteiger charge is 2.73. The van der Waals surface area contributed by atoms with Crippen LogP contribution in [0.3, 0.4) is 0 Å². The molecule has 0 spiro atoms. The van der Waals surface area contributed by atoms with Gasteiger partial charge in [-0.25, -0.2) is 13.2 Å². The number of hydrogen-bond donors (Lipinski definition) is 1. The molecule has 2 saturated heterocycles. The van der Waals surface area contributed by atoms with Crippen LogP contribution in [-0.4, -0.2) is 71.4 Å². The van der Waals surface area contributed by atoms with Crippen molar-refractivity contribution < 1.29 is 27.9 Å². The molecular formula is C10H14N2O6S. The van der Waals surface area contributed by atoms with Gasteiger partial charge in [-0.15, -0.1) is 0 Å². The van der Waals surface area contributed by atoms with E-state index in [9.17, 15) is 27.9 Å². The maximum absolute atomic E-state index is 12.4. The molecule has 0 aromatic heterocycles. The lowest BCUT2D eigenvalue weighted by atomic mass is 9.95. The first-order chi connectivity index (χ1) is 8.56. The molecule has 0 bridgehead atoms. The van der Waals surface area contributed by atoms with Crippen molar-refractivity contribution in [3.63, 3.8) is 0 Å². The average molecular weight is 290 g/mol. The second-order valence-corrected chi connectivity index (χ2v) is 7.53. The highest BCUT2D eigenvalue weighted by atomic mass is 32.2. The van der Waals surface area contributed by atoms with Crippen LogP contribution in [0.2, 0.25) is 0 Å². The van der Waals surface area contributed by atoms with Gasteiger partial charge in [0.15, 0.2) is 20.6 Å². The van der Waals surface area contributed by atoms with E-state index in [1.165, 1.54) is 14.1 Å². The van der Waals surface area contributed by atoms with Gasteiger partial charge < -0.3 is 14.9 Å². The monoisotopic (exact) mass is 290 g/mol. The molecule has 2 rings (SSSR count). The number of carbonyl (C=O) groups excluding carboxylic acids is 2. The van der Waals surface area contributed by atoms with Crippen LogP contribution in [0.5, 0.6) is 0 Å². The van der Waals surface area contributed by atoms with Gasteiger partial charge in [0.1, 0.15) is 5.37 Å². The molecular weight excluding hydrogens is 276 g/mol. The Labute approximate surface area is 109 Å². The second-order valence-electron chi connectivity index (χ2n) is 5.05. The summed E-state index contributed by atoms with van der Waals surface area (Å²) in [5.74, 6) is -2.88. The lowest BCUT2D eigenvalue weighted by Gasteiger charge is -2.35. The average Bonchev–Trinajstić information content (AvgIpc) is 2.43. The predicted molar refractivity (Wildman–Crippen MR) is 62.7 cm³/mol. The van der Waals surface area contributed by atoms with Crippen LogP contribution in [0, 0.1) is 0 Å². The van der Waals surface area contributed by atoms with Crippen LogP contribution in [0.15, 0.2) is 0 Å². The van der Waals surface area contributed by atoms with Crippen LogP contribution in [0.1, 0.15) is 13.3 Å². The SMILES string of the molecule is CN(C)C(=O)[C@@]1(C)[C@H](C(=O)O)N2C(=O)C[C@H]2S1(=O)=O. The topological polar surface area (TPSA) is 112 Å². The first kappa shape index (κ1) is 13.8. The van der Waals surface area contributed by atoms with Gasteiger partial charge in [-0.1, -0.05) is 0 Å². The molecule has 2 heterocycles. The summed E-state index contributed by atoms with van der Waals surface area (Å²) in [4.78, 5) is 36.8. The van der Waals surface area contributed by atoms with Gasteiger partial charge >= 0.3 is 5.97 Å². The molecule has 0 unspecified atom stereocenters. The van der Waals surface area contributed by atoms with E-state index in [0.717, 1.165) is 16.7 Å². The van der Waals surface area contributed by atoms with Crippen molar-refractivity contribution >= 4 is 27.6 Å². The van der Waals surface area contributed by atoms with Gasteiger partial charge in [-0.2, -0.15) is 0 Å². The quantitative estimate of drug-likeness (QED) is 0.605. The highest BCUT2D eigenvalue weighted by molar-refractivity contribution is 7.94. The fourth-order valence-electron chi connectivity index (χ4n) is 2.71. The number of fused-ring (bicyclic) bond motifs is 1. The number of carboxylic acid groups (broad SMARTS) is 1. The zero-order valence-electron chi connectivity index (χ0n) is 10.7. The number of carbonyl (C=O) groups is 3. The van der Waals surface area contributed by atoms with E-state index in [1.54, 1.807) is 0 Å². The normalized spacial score (nSPS) is 35.5. The summed E-state index contributed by atoms with van der Waals surface area (Å²) in [6, 6.07) is -1.67. The van der Waals surface area contributed by atoms with Crippen molar-refractivity contribution in [1.29, 1.82) is 0 Å². The largest absolute Gasteiger partial charge is 0.480 e. The summed E-state index contributed by atoms with van der Waals surface area (Å²) in [5, 5.41) is 8.02. The highest BCUT2D eigenvalue weighted by Crippen LogP contribution is 2.46. The molecule has 3 atom stereocenters. The summed E-state index contributed by atoms with van der Waals surface area (Å²) >= 11 is 0. The van der Waals surface area contributed by atoms with E-state index >= 15 is 0 Å². The van der Waals surface area contributed by atoms with Crippen molar-refractivity contribution in [3.05, 3.63) is 0 Å². The number of nitrogens with zero attached hydrogens (tertiary/aromatic N) is 2. The maximum Gasteiger partial charge on any atom is 0.328 e. The van der Waals surface area contributed by atoms with Gasteiger partial charge in [-0.3, -0.25) is 9.59 Å². The number of carboxylic acids is 1. The Balaban J connectivity index is 2.65. The lowest BCUT2D eigenvalue weighted by molar-refractivity contribution is -0.159. The summed E-state index contributed by atoms with van der Waals surface area (Å²) in [6.45, 7) is 1.08. The third-order valence-electron chi connectivity index (χ3n) is 3.76. The summed E-state index contributed by atoms with van der Waals surface area (Å²) in [5.41, 5.74) is 0. The number of β-lactam (4-membered cyclic amide) rings is 1. The van der Waals surface area contributed by atoms with Crippen LogP contribution >= 0.6 is 0 Å². The van der Waals surface area contributed by atoms with Crippen molar-refractivity contribution in [3.8, 4) is 0 Å². The minimum atomic E-state index is -4.07. The van der Waals surface area contributed by atoms with Gasteiger partial charge in [0.05, 0.1) is 6.42 Å². The molecule has 1 N–H and O–H groups in total. The summed E-state index contributed by atoms with van der Waals surface area (Å²) in [7, 11) is -1.37. The van der Waals surface area contributed by atoms with Gasteiger partial charge in [0, 0.05) is 14.1 Å². The Kier molecular flexibility index (Phi) is 2.67. The van der Waals surface area contributed by atoms with Crippen LogP contribution in [0.25, 0.3) is 0 Å². The molecule has 0 aliphatic carbocycles. The van der Waals surface area contributed by atoms with E-state index in [-0.39, 0.29) is 6.42 Å². The fourth-order valence-corrected chi connectivity index (χ4v) is 5.13. The maximum atomic E-state index is 12.4.